The molecule has 3 N–H and O–H groups in total. The minimum absolute atomic E-state index is 0.262. The molecule has 0 aliphatic heterocycles. The van der Waals surface area contributed by atoms with E-state index in [0.717, 1.165) is 5.75 Å². The van der Waals surface area contributed by atoms with E-state index < -0.39 is 0 Å². The molecule has 1 aliphatic rings. The topological polar surface area (TPSA) is 47.3 Å². The maximum Gasteiger partial charge on any atom is 0.122 e. The van der Waals surface area contributed by atoms with Gasteiger partial charge in [-0.1, -0.05) is 31.7 Å². The highest BCUT2D eigenvalue weighted by molar-refractivity contribution is 5.43. The van der Waals surface area contributed by atoms with Crippen molar-refractivity contribution in [3.8, 4) is 5.75 Å². The predicted octanol–water partition coefficient (Wildman–Crippen LogP) is 3.79. The normalized spacial score (nSPS) is 18.6. The lowest BCUT2D eigenvalue weighted by Gasteiger charge is -2.28. The molecule has 1 aromatic carbocycles. The van der Waals surface area contributed by atoms with Crippen molar-refractivity contribution in [1.82, 2.24) is 5.43 Å². The standard InChI is InChI=1S/C17H28N2O/c1-12-11-16(20-3)13(2)10-15(12)17(19-18)14-8-6-4-5-7-9-14/h10-11,14,17,19H,4-9,18H2,1-3H3. The molecule has 1 saturated carbocycles. The van der Waals surface area contributed by atoms with Crippen LogP contribution in [0.3, 0.4) is 0 Å². The summed E-state index contributed by atoms with van der Waals surface area (Å²) in [6, 6.07) is 4.63. The van der Waals surface area contributed by atoms with E-state index in [4.69, 9.17) is 10.6 Å². The molecule has 0 amide bonds. The number of benzene rings is 1. The molecule has 1 atom stereocenters. The summed E-state index contributed by atoms with van der Waals surface area (Å²) in [5, 5.41) is 0. The van der Waals surface area contributed by atoms with Crippen LogP contribution in [0.25, 0.3) is 0 Å². The van der Waals surface area contributed by atoms with Gasteiger partial charge in [-0.05, 0) is 55.4 Å². The van der Waals surface area contributed by atoms with Gasteiger partial charge in [0.25, 0.3) is 0 Å². The second-order valence-corrected chi connectivity index (χ2v) is 6.07. The molecule has 1 aliphatic carbocycles. The lowest BCUT2D eigenvalue weighted by Crippen LogP contribution is -2.34. The molecule has 1 fully saturated rings. The molecule has 3 heteroatoms. The third kappa shape index (κ3) is 3.33. The minimum atomic E-state index is 0.262. The van der Waals surface area contributed by atoms with Crippen molar-refractivity contribution in [3.05, 3.63) is 28.8 Å². The Morgan fingerprint density at radius 3 is 2.30 bits per heavy atom. The van der Waals surface area contributed by atoms with E-state index in [1.54, 1.807) is 7.11 Å². The first kappa shape index (κ1) is 15.3. The summed E-state index contributed by atoms with van der Waals surface area (Å²) < 4.78 is 5.41. The summed E-state index contributed by atoms with van der Waals surface area (Å²) in [6.45, 7) is 4.25. The van der Waals surface area contributed by atoms with E-state index in [2.05, 4.69) is 31.4 Å². The second kappa shape index (κ2) is 7.09. The van der Waals surface area contributed by atoms with Crippen LogP contribution in [0.1, 0.15) is 61.3 Å². The van der Waals surface area contributed by atoms with Gasteiger partial charge in [-0.2, -0.15) is 0 Å². The number of ether oxygens (including phenoxy) is 1. The number of nitrogens with one attached hydrogen (secondary N) is 1. The van der Waals surface area contributed by atoms with Gasteiger partial charge in [0, 0.05) is 6.04 Å². The molecule has 1 unspecified atom stereocenters. The van der Waals surface area contributed by atoms with Crippen LogP contribution >= 0.6 is 0 Å². The first-order valence-corrected chi connectivity index (χ1v) is 7.78. The summed E-state index contributed by atoms with van der Waals surface area (Å²) in [6.07, 6.45) is 7.95. The van der Waals surface area contributed by atoms with Gasteiger partial charge in [0.15, 0.2) is 0 Å². The van der Waals surface area contributed by atoms with Crippen molar-refractivity contribution < 1.29 is 4.74 Å². The van der Waals surface area contributed by atoms with Crippen molar-refractivity contribution in [2.45, 2.75) is 58.4 Å². The third-order valence-corrected chi connectivity index (χ3v) is 4.67. The van der Waals surface area contributed by atoms with Gasteiger partial charge >= 0.3 is 0 Å². The van der Waals surface area contributed by atoms with Crippen LogP contribution in [-0.4, -0.2) is 7.11 Å². The average Bonchev–Trinajstić information content (AvgIpc) is 2.72. The fourth-order valence-electron chi connectivity index (χ4n) is 3.49. The maximum absolute atomic E-state index is 5.89. The van der Waals surface area contributed by atoms with Crippen molar-refractivity contribution in [1.29, 1.82) is 0 Å². The van der Waals surface area contributed by atoms with E-state index in [1.165, 1.54) is 55.2 Å². The third-order valence-electron chi connectivity index (χ3n) is 4.67. The van der Waals surface area contributed by atoms with Gasteiger partial charge in [-0.25, -0.2) is 0 Å². The monoisotopic (exact) mass is 276 g/mol. The second-order valence-electron chi connectivity index (χ2n) is 6.07. The van der Waals surface area contributed by atoms with Crippen LogP contribution in [0.4, 0.5) is 0 Å². The Kier molecular flexibility index (Phi) is 5.44. The van der Waals surface area contributed by atoms with Gasteiger partial charge < -0.3 is 4.74 Å². The van der Waals surface area contributed by atoms with Crippen LogP contribution in [0.5, 0.6) is 5.75 Å². The van der Waals surface area contributed by atoms with Crippen LogP contribution < -0.4 is 16.0 Å². The van der Waals surface area contributed by atoms with Gasteiger partial charge in [0.05, 0.1) is 7.11 Å². The Morgan fingerprint density at radius 2 is 1.75 bits per heavy atom. The van der Waals surface area contributed by atoms with E-state index in [-0.39, 0.29) is 6.04 Å². The van der Waals surface area contributed by atoms with E-state index in [0.29, 0.717) is 5.92 Å². The molecule has 0 radical (unpaired) electrons. The molecule has 1 aromatic rings. The molecule has 0 saturated heterocycles. The Hall–Kier alpha value is -1.06. The number of methoxy groups -OCH3 is 1. The summed E-state index contributed by atoms with van der Waals surface area (Å²) in [5.74, 6) is 7.50. The zero-order chi connectivity index (χ0) is 14.5. The molecule has 112 valence electrons. The molecule has 3 nitrogen and oxygen atoms in total. The number of nitrogens with two attached hydrogens (primary N) is 1. The number of hydrogen-bond donors (Lipinski definition) is 2. The van der Waals surface area contributed by atoms with Crippen molar-refractivity contribution >= 4 is 0 Å². The maximum atomic E-state index is 5.89. The summed E-state index contributed by atoms with van der Waals surface area (Å²) in [4.78, 5) is 0. The smallest absolute Gasteiger partial charge is 0.122 e. The highest BCUT2D eigenvalue weighted by Gasteiger charge is 2.25. The van der Waals surface area contributed by atoms with E-state index >= 15 is 0 Å². The molecule has 0 heterocycles. The Morgan fingerprint density at radius 1 is 1.10 bits per heavy atom. The van der Waals surface area contributed by atoms with Gasteiger partial charge in [-0.3, -0.25) is 11.3 Å². The minimum Gasteiger partial charge on any atom is -0.496 e. The first-order valence-electron chi connectivity index (χ1n) is 7.78. The van der Waals surface area contributed by atoms with Crippen LogP contribution in [-0.2, 0) is 0 Å². The number of aryl methyl sites for hydroxylation is 2. The number of rotatable bonds is 4. The quantitative estimate of drug-likeness (QED) is 0.500. The molecule has 2 rings (SSSR count). The lowest BCUT2D eigenvalue weighted by atomic mass is 9.85. The molecular weight excluding hydrogens is 248 g/mol. The van der Waals surface area contributed by atoms with Crippen molar-refractivity contribution in [3.63, 3.8) is 0 Å². The predicted molar refractivity (Wildman–Crippen MR) is 83.7 cm³/mol. The Balaban J connectivity index is 2.28. The number of hydrazine groups is 1. The molecule has 0 spiro atoms. The molecule has 0 bridgehead atoms. The van der Waals surface area contributed by atoms with E-state index in [9.17, 15) is 0 Å². The fourth-order valence-corrected chi connectivity index (χ4v) is 3.49. The Labute approximate surface area is 122 Å². The van der Waals surface area contributed by atoms with Crippen molar-refractivity contribution in [2.75, 3.05) is 7.11 Å². The van der Waals surface area contributed by atoms with Crippen molar-refractivity contribution in [2.24, 2.45) is 11.8 Å². The van der Waals surface area contributed by atoms with Crippen LogP contribution in [0.15, 0.2) is 12.1 Å². The fraction of sp³-hybridized carbons (Fsp3) is 0.647. The van der Waals surface area contributed by atoms with Gasteiger partial charge in [0.2, 0.25) is 0 Å². The molecule has 20 heavy (non-hydrogen) atoms. The molecular formula is C17H28N2O. The summed E-state index contributed by atoms with van der Waals surface area (Å²) >= 11 is 0. The van der Waals surface area contributed by atoms with Gasteiger partial charge in [-0.15, -0.1) is 0 Å². The first-order chi connectivity index (χ1) is 9.67. The average molecular weight is 276 g/mol. The largest absolute Gasteiger partial charge is 0.496 e. The summed E-state index contributed by atoms with van der Waals surface area (Å²) in [5.41, 5.74) is 6.86. The SMILES string of the molecule is COc1cc(C)c(C(NN)C2CCCCCC2)cc1C. The highest BCUT2D eigenvalue weighted by atomic mass is 16.5. The van der Waals surface area contributed by atoms with E-state index in [1.807, 2.05) is 0 Å². The molecule has 0 aromatic heterocycles. The number of hydrogen-bond acceptors (Lipinski definition) is 3. The highest BCUT2D eigenvalue weighted by Crippen LogP contribution is 2.36. The zero-order valence-corrected chi connectivity index (χ0v) is 13.0. The van der Waals surface area contributed by atoms with Crippen LogP contribution in [0.2, 0.25) is 0 Å². The van der Waals surface area contributed by atoms with Crippen LogP contribution in [0, 0.1) is 19.8 Å². The summed E-state index contributed by atoms with van der Waals surface area (Å²) in [7, 11) is 1.73. The Bertz CT molecular complexity index is 437. The lowest BCUT2D eigenvalue weighted by molar-refractivity contribution is 0.327. The van der Waals surface area contributed by atoms with Gasteiger partial charge in [0.1, 0.15) is 5.75 Å². The zero-order valence-electron chi connectivity index (χ0n) is 13.0.